The van der Waals surface area contributed by atoms with Crippen molar-refractivity contribution in [1.82, 2.24) is 14.8 Å². The van der Waals surface area contributed by atoms with Gasteiger partial charge in [0, 0.05) is 37.8 Å². The van der Waals surface area contributed by atoms with Gasteiger partial charge in [-0.1, -0.05) is 0 Å². The van der Waals surface area contributed by atoms with E-state index in [2.05, 4.69) is 19.9 Å². The van der Waals surface area contributed by atoms with Crippen molar-refractivity contribution in [2.24, 2.45) is 0 Å². The SMILES string of the molecule is COC(=O)Nc1ccc(OCCCN2C(C)CN(C(=O)O)C[C@H]2C)nc1. The van der Waals surface area contributed by atoms with Gasteiger partial charge in [-0.2, -0.15) is 0 Å². The van der Waals surface area contributed by atoms with E-state index in [1.807, 2.05) is 13.8 Å². The highest BCUT2D eigenvalue weighted by molar-refractivity contribution is 5.84. The van der Waals surface area contributed by atoms with Crippen LogP contribution in [0.4, 0.5) is 15.3 Å². The van der Waals surface area contributed by atoms with Crippen LogP contribution in [-0.2, 0) is 4.74 Å². The number of nitrogens with zero attached hydrogens (tertiary/aromatic N) is 3. The zero-order valence-corrected chi connectivity index (χ0v) is 15.3. The van der Waals surface area contributed by atoms with Crippen LogP contribution in [0.2, 0.25) is 0 Å². The van der Waals surface area contributed by atoms with Crippen molar-refractivity contribution in [3.63, 3.8) is 0 Å². The van der Waals surface area contributed by atoms with E-state index in [1.54, 1.807) is 12.1 Å². The maximum absolute atomic E-state index is 11.1. The average molecular weight is 366 g/mol. The molecule has 2 atom stereocenters. The first-order chi connectivity index (χ1) is 12.4. The number of carbonyl (C=O) groups excluding carboxylic acids is 1. The maximum Gasteiger partial charge on any atom is 0.411 e. The van der Waals surface area contributed by atoms with Gasteiger partial charge < -0.3 is 19.5 Å². The Kier molecular flexibility index (Phi) is 7.02. The Balaban J connectivity index is 1.73. The highest BCUT2D eigenvalue weighted by Crippen LogP contribution is 2.17. The van der Waals surface area contributed by atoms with E-state index in [0.29, 0.717) is 31.3 Å². The minimum atomic E-state index is -0.858. The quantitative estimate of drug-likeness (QED) is 0.743. The third-order valence-corrected chi connectivity index (χ3v) is 4.35. The number of anilines is 1. The van der Waals surface area contributed by atoms with Crippen LogP contribution >= 0.6 is 0 Å². The lowest BCUT2D eigenvalue weighted by atomic mass is 10.1. The molecule has 2 amide bonds. The van der Waals surface area contributed by atoms with Gasteiger partial charge in [-0.3, -0.25) is 10.2 Å². The van der Waals surface area contributed by atoms with Gasteiger partial charge in [0.2, 0.25) is 5.88 Å². The van der Waals surface area contributed by atoms with Crippen molar-refractivity contribution in [3.05, 3.63) is 18.3 Å². The van der Waals surface area contributed by atoms with Gasteiger partial charge in [-0.05, 0) is 26.3 Å². The molecule has 0 radical (unpaired) electrons. The summed E-state index contributed by atoms with van der Waals surface area (Å²) in [4.78, 5) is 30.1. The van der Waals surface area contributed by atoms with E-state index < -0.39 is 12.2 Å². The minimum absolute atomic E-state index is 0.177. The highest BCUT2D eigenvalue weighted by Gasteiger charge is 2.31. The van der Waals surface area contributed by atoms with Crippen molar-refractivity contribution < 1.29 is 24.2 Å². The van der Waals surface area contributed by atoms with Crippen molar-refractivity contribution in [2.75, 3.05) is 38.7 Å². The molecule has 0 bridgehead atoms. The summed E-state index contributed by atoms with van der Waals surface area (Å²) >= 11 is 0. The second-order valence-electron chi connectivity index (χ2n) is 6.33. The molecule has 1 saturated heterocycles. The Morgan fingerprint density at radius 1 is 1.31 bits per heavy atom. The number of ether oxygens (including phenoxy) is 2. The summed E-state index contributed by atoms with van der Waals surface area (Å²) < 4.78 is 10.1. The molecule has 1 unspecified atom stereocenters. The molecule has 9 heteroatoms. The largest absolute Gasteiger partial charge is 0.478 e. The van der Waals surface area contributed by atoms with E-state index in [1.165, 1.54) is 18.2 Å². The minimum Gasteiger partial charge on any atom is -0.478 e. The van der Waals surface area contributed by atoms with Crippen LogP contribution in [-0.4, -0.2) is 77.5 Å². The molecule has 0 saturated carbocycles. The van der Waals surface area contributed by atoms with Crippen LogP contribution in [0.25, 0.3) is 0 Å². The Bertz CT molecular complexity index is 598. The molecule has 0 spiro atoms. The molecule has 1 aliphatic heterocycles. The average Bonchev–Trinajstić information content (AvgIpc) is 2.61. The summed E-state index contributed by atoms with van der Waals surface area (Å²) in [7, 11) is 1.30. The predicted octanol–water partition coefficient (Wildman–Crippen LogP) is 2.10. The van der Waals surface area contributed by atoms with Crippen LogP contribution in [0.3, 0.4) is 0 Å². The number of amides is 2. The fourth-order valence-corrected chi connectivity index (χ4v) is 3.09. The molecule has 2 heterocycles. The molecule has 2 rings (SSSR count). The summed E-state index contributed by atoms with van der Waals surface area (Å²) in [5.74, 6) is 0.484. The van der Waals surface area contributed by atoms with Crippen LogP contribution in [0, 0.1) is 0 Å². The first-order valence-electron chi connectivity index (χ1n) is 8.58. The first kappa shape index (κ1) is 19.8. The Morgan fingerprint density at radius 2 is 2.00 bits per heavy atom. The highest BCUT2D eigenvalue weighted by atomic mass is 16.5. The smallest absolute Gasteiger partial charge is 0.411 e. The normalized spacial score (nSPS) is 20.5. The summed E-state index contributed by atoms with van der Waals surface area (Å²) in [5, 5.41) is 11.7. The zero-order valence-electron chi connectivity index (χ0n) is 15.3. The van der Waals surface area contributed by atoms with Crippen LogP contribution in [0.15, 0.2) is 18.3 Å². The number of piperazine rings is 1. The lowest BCUT2D eigenvalue weighted by Crippen LogP contribution is -2.58. The Morgan fingerprint density at radius 3 is 2.54 bits per heavy atom. The summed E-state index contributed by atoms with van der Waals surface area (Å²) in [5.41, 5.74) is 0.531. The molecule has 0 aliphatic carbocycles. The number of hydrogen-bond donors (Lipinski definition) is 2. The number of carboxylic acid groups (broad SMARTS) is 1. The fourth-order valence-electron chi connectivity index (χ4n) is 3.09. The van der Waals surface area contributed by atoms with E-state index >= 15 is 0 Å². The Hall–Kier alpha value is -2.55. The third kappa shape index (κ3) is 5.48. The van der Waals surface area contributed by atoms with Crippen molar-refractivity contribution in [1.29, 1.82) is 0 Å². The molecule has 2 N–H and O–H groups in total. The van der Waals surface area contributed by atoms with Gasteiger partial charge in [0.25, 0.3) is 0 Å². The van der Waals surface area contributed by atoms with E-state index in [4.69, 9.17) is 9.84 Å². The number of hydrogen-bond acceptors (Lipinski definition) is 6. The van der Waals surface area contributed by atoms with Gasteiger partial charge in [0.1, 0.15) is 0 Å². The molecular weight excluding hydrogens is 340 g/mol. The fraction of sp³-hybridized carbons (Fsp3) is 0.588. The number of rotatable bonds is 6. The lowest BCUT2D eigenvalue weighted by Gasteiger charge is -2.43. The lowest BCUT2D eigenvalue weighted by molar-refractivity contribution is 0.0371. The van der Waals surface area contributed by atoms with Gasteiger partial charge in [-0.15, -0.1) is 0 Å². The van der Waals surface area contributed by atoms with Crippen molar-refractivity contribution >= 4 is 17.9 Å². The van der Waals surface area contributed by atoms with Gasteiger partial charge in [0.05, 0.1) is 25.6 Å². The van der Waals surface area contributed by atoms with E-state index in [9.17, 15) is 9.59 Å². The topological polar surface area (TPSA) is 104 Å². The van der Waals surface area contributed by atoms with Gasteiger partial charge >= 0.3 is 12.2 Å². The molecule has 26 heavy (non-hydrogen) atoms. The summed E-state index contributed by atoms with van der Waals surface area (Å²) in [6.45, 7) is 6.47. The number of methoxy groups -OCH3 is 1. The number of nitrogens with one attached hydrogen (secondary N) is 1. The second kappa shape index (κ2) is 9.23. The maximum atomic E-state index is 11.1. The number of pyridine rings is 1. The molecule has 1 aromatic rings. The molecule has 1 aromatic heterocycles. The van der Waals surface area contributed by atoms with Crippen LogP contribution in [0.1, 0.15) is 20.3 Å². The molecule has 9 nitrogen and oxygen atoms in total. The molecule has 1 aliphatic rings. The predicted molar refractivity (Wildman–Crippen MR) is 95.6 cm³/mol. The monoisotopic (exact) mass is 366 g/mol. The number of aromatic nitrogens is 1. The third-order valence-electron chi connectivity index (χ3n) is 4.35. The molecule has 0 aromatic carbocycles. The van der Waals surface area contributed by atoms with E-state index in [-0.39, 0.29) is 12.1 Å². The van der Waals surface area contributed by atoms with Crippen molar-refractivity contribution in [3.8, 4) is 5.88 Å². The summed E-state index contributed by atoms with van der Waals surface area (Å²) in [6, 6.07) is 3.73. The van der Waals surface area contributed by atoms with E-state index in [0.717, 1.165) is 13.0 Å². The summed E-state index contributed by atoms with van der Waals surface area (Å²) in [6.07, 6.45) is 0.905. The zero-order chi connectivity index (χ0) is 19.1. The van der Waals surface area contributed by atoms with Crippen LogP contribution < -0.4 is 10.1 Å². The van der Waals surface area contributed by atoms with Gasteiger partial charge in [-0.25, -0.2) is 14.6 Å². The Labute approximate surface area is 152 Å². The number of carbonyl (C=O) groups is 2. The second-order valence-corrected chi connectivity index (χ2v) is 6.33. The molecular formula is C17H26N4O5. The standard InChI is InChI=1S/C17H26N4O5/c1-12-10-20(17(23)24)11-13(2)21(12)7-4-8-26-15-6-5-14(9-18-15)19-16(22)25-3/h5-6,9,12-13H,4,7-8,10-11H2,1-3H3,(H,19,22)(H,23,24)/t12-,13?/m1/s1. The van der Waals surface area contributed by atoms with Gasteiger partial charge in [0.15, 0.2) is 0 Å². The van der Waals surface area contributed by atoms with Crippen molar-refractivity contribution in [2.45, 2.75) is 32.4 Å². The van der Waals surface area contributed by atoms with Crippen LogP contribution in [0.5, 0.6) is 5.88 Å². The first-order valence-corrected chi connectivity index (χ1v) is 8.58. The molecule has 1 fully saturated rings. The molecule has 144 valence electrons.